The van der Waals surface area contributed by atoms with Gasteiger partial charge in [-0.2, -0.15) is 0 Å². The van der Waals surface area contributed by atoms with E-state index in [4.69, 9.17) is 0 Å². The lowest BCUT2D eigenvalue weighted by atomic mass is 10.4. The van der Waals surface area contributed by atoms with E-state index >= 15 is 0 Å². The number of rotatable bonds is 4. The van der Waals surface area contributed by atoms with Crippen LogP contribution >= 0.6 is 11.8 Å². The lowest BCUT2D eigenvalue weighted by Crippen LogP contribution is -1.97. The van der Waals surface area contributed by atoms with Crippen molar-refractivity contribution in [2.24, 2.45) is 0 Å². The Kier molecular flexibility index (Phi) is 3.77. The summed E-state index contributed by atoms with van der Waals surface area (Å²) in [6.07, 6.45) is 1.78. The van der Waals surface area contributed by atoms with Crippen LogP contribution in [0.2, 0.25) is 0 Å². The Hall–Kier alpha value is -1.55. The zero-order chi connectivity index (χ0) is 11.2. The van der Waals surface area contributed by atoms with Crippen LogP contribution in [0.25, 0.3) is 0 Å². The Morgan fingerprint density at radius 2 is 2.00 bits per heavy atom. The van der Waals surface area contributed by atoms with Gasteiger partial charge in [-0.1, -0.05) is 18.2 Å². The second-order valence-corrected chi connectivity index (χ2v) is 4.26. The second kappa shape index (κ2) is 5.51. The second-order valence-electron chi connectivity index (χ2n) is 3.21. The van der Waals surface area contributed by atoms with E-state index in [0.29, 0.717) is 0 Å². The standard InChI is InChI=1S/C12H13N3S/c1-13-11-7-8-14-12(15-11)9-16-10-5-3-2-4-6-10/h2-8H,9H2,1H3,(H,13,14,15). The Morgan fingerprint density at radius 3 is 2.75 bits per heavy atom. The third-order valence-corrected chi connectivity index (χ3v) is 3.08. The lowest BCUT2D eigenvalue weighted by molar-refractivity contribution is 1.03. The molecule has 0 aliphatic rings. The average molecular weight is 231 g/mol. The topological polar surface area (TPSA) is 37.8 Å². The van der Waals surface area contributed by atoms with Gasteiger partial charge in [0.2, 0.25) is 0 Å². The summed E-state index contributed by atoms with van der Waals surface area (Å²) in [5, 5.41) is 3.01. The van der Waals surface area contributed by atoms with Crippen LogP contribution in [0.5, 0.6) is 0 Å². The minimum absolute atomic E-state index is 0.791. The largest absolute Gasteiger partial charge is 0.373 e. The first kappa shape index (κ1) is 11.0. The van der Waals surface area contributed by atoms with Crippen LogP contribution < -0.4 is 5.32 Å². The number of benzene rings is 1. The number of hydrogen-bond acceptors (Lipinski definition) is 4. The molecular formula is C12H13N3S. The van der Waals surface area contributed by atoms with Gasteiger partial charge < -0.3 is 5.32 Å². The van der Waals surface area contributed by atoms with Crippen molar-refractivity contribution >= 4 is 17.6 Å². The van der Waals surface area contributed by atoms with E-state index in [9.17, 15) is 0 Å². The summed E-state index contributed by atoms with van der Waals surface area (Å²) >= 11 is 1.74. The molecular weight excluding hydrogens is 218 g/mol. The summed E-state index contributed by atoms with van der Waals surface area (Å²) in [5.74, 6) is 2.50. The predicted molar refractivity (Wildman–Crippen MR) is 67.6 cm³/mol. The van der Waals surface area contributed by atoms with Crippen LogP contribution in [0.15, 0.2) is 47.5 Å². The fourth-order valence-corrected chi connectivity index (χ4v) is 2.06. The minimum Gasteiger partial charge on any atom is -0.373 e. The highest BCUT2D eigenvalue weighted by Gasteiger charge is 1.99. The fourth-order valence-electron chi connectivity index (χ4n) is 1.27. The molecule has 0 aliphatic carbocycles. The molecule has 0 unspecified atom stereocenters. The van der Waals surface area contributed by atoms with Crippen molar-refractivity contribution in [2.75, 3.05) is 12.4 Å². The molecule has 1 N–H and O–H groups in total. The predicted octanol–water partition coefficient (Wildman–Crippen LogP) is 2.81. The number of aromatic nitrogens is 2. The number of hydrogen-bond donors (Lipinski definition) is 1. The molecule has 0 fully saturated rings. The van der Waals surface area contributed by atoms with Gasteiger partial charge in [-0.25, -0.2) is 9.97 Å². The third-order valence-electron chi connectivity index (χ3n) is 2.07. The molecule has 0 saturated carbocycles. The van der Waals surface area contributed by atoms with Gasteiger partial charge in [-0.05, 0) is 18.2 Å². The van der Waals surface area contributed by atoms with Crippen LogP contribution in [0.4, 0.5) is 5.82 Å². The molecule has 3 nitrogen and oxygen atoms in total. The van der Waals surface area contributed by atoms with Gasteiger partial charge in [-0.3, -0.25) is 0 Å². The summed E-state index contributed by atoms with van der Waals surface area (Å²) in [6.45, 7) is 0. The zero-order valence-electron chi connectivity index (χ0n) is 9.05. The SMILES string of the molecule is CNc1ccnc(CSc2ccccc2)n1. The summed E-state index contributed by atoms with van der Waals surface area (Å²) in [7, 11) is 1.86. The maximum absolute atomic E-state index is 4.36. The van der Waals surface area contributed by atoms with E-state index in [1.165, 1.54) is 4.90 Å². The van der Waals surface area contributed by atoms with Crippen LogP contribution in [-0.2, 0) is 5.75 Å². The van der Waals surface area contributed by atoms with Crippen LogP contribution in [0.1, 0.15) is 5.82 Å². The molecule has 82 valence electrons. The van der Waals surface area contributed by atoms with Gasteiger partial charge >= 0.3 is 0 Å². The highest BCUT2D eigenvalue weighted by Crippen LogP contribution is 2.20. The molecule has 16 heavy (non-hydrogen) atoms. The maximum atomic E-state index is 4.36. The molecule has 1 aromatic carbocycles. The van der Waals surface area contributed by atoms with E-state index in [-0.39, 0.29) is 0 Å². The molecule has 2 aromatic rings. The van der Waals surface area contributed by atoms with Gasteiger partial charge in [0, 0.05) is 18.1 Å². The zero-order valence-corrected chi connectivity index (χ0v) is 9.87. The van der Waals surface area contributed by atoms with Gasteiger partial charge in [0.1, 0.15) is 11.6 Å². The molecule has 0 amide bonds. The van der Waals surface area contributed by atoms with Crippen LogP contribution in [0.3, 0.4) is 0 Å². The molecule has 4 heteroatoms. The molecule has 1 heterocycles. The minimum atomic E-state index is 0.791. The first-order valence-electron chi connectivity index (χ1n) is 5.06. The van der Waals surface area contributed by atoms with E-state index in [1.54, 1.807) is 18.0 Å². The molecule has 0 radical (unpaired) electrons. The highest BCUT2D eigenvalue weighted by molar-refractivity contribution is 7.98. The van der Waals surface area contributed by atoms with Crippen molar-refractivity contribution in [1.29, 1.82) is 0 Å². The fraction of sp³-hybridized carbons (Fsp3) is 0.167. The lowest BCUT2D eigenvalue weighted by Gasteiger charge is -2.02. The summed E-state index contributed by atoms with van der Waals surface area (Å²) < 4.78 is 0. The Morgan fingerprint density at radius 1 is 1.19 bits per heavy atom. The van der Waals surface area contributed by atoms with Gasteiger partial charge in [0.15, 0.2) is 0 Å². The number of anilines is 1. The normalized spacial score (nSPS) is 10.1. The van der Waals surface area contributed by atoms with Gasteiger partial charge in [-0.15, -0.1) is 11.8 Å². The average Bonchev–Trinajstić information content (AvgIpc) is 2.38. The number of nitrogens with zero attached hydrogens (tertiary/aromatic N) is 2. The highest BCUT2D eigenvalue weighted by atomic mass is 32.2. The van der Waals surface area contributed by atoms with Crippen molar-refractivity contribution in [3.63, 3.8) is 0 Å². The molecule has 0 saturated heterocycles. The van der Waals surface area contributed by atoms with Crippen molar-refractivity contribution in [3.8, 4) is 0 Å². The molecule has 0 bridgehead atoms. The van der Waals surface area contributed by atoms with Crippen LogP contribution in [0, 0.1) is 0 Å². The van der Waals surface area contributed by atoms with E-state index < -0.39 is 0 Å². The molecule has 0 spiro atoms. The molecule has 0 atom stereocenters. The van der Waals surface area contributed by atoms with Crippen molar-refractivity contribution in [1.82, 2.24) is 9.97 Å². The monoisotopic (exact) mass is 231 g/mol. The maximum Gasteiger partial charge on any atom is 0.140 e. The molecule has 1 aromatic heterocycles. The van der Waals surface area contributed by atoms with E-state index in [0.717, 1.165) is 17.4 Å². The van der Waals surface area contributed by atoms with Crippen molar-refractivity contribution in [3.05, 3.63) is 48.4 Å². The summed E-state index contributed by atoms with van der Waals surface area (Å²) in [5.41, 5.74) is 0. The third kappa shape index (κ3) is 2.97. The molecule has 2 rings (SSSR count). The van der Waals surface area contributed by atoms with Crippen LogP contribution in [-0.4, -0.2) is 17.0 Å². The van der Waals surface area contributed by atoms with E-state index in [2.05, 4.69) is 27.4 Å². The van der Waals surface area contributed by atoms with Gasteiger partial charge in [0.05, 0.1) is 5.75 Å². The quantitative estimate of drug-likeness (QED) is 0.821. The van der Waals surface area contributed by atoms with E-state index in [1.807, 2.05) is 31.3 Å². The van der Waals surface area contributed by atoms with Crippen molar-refractivity contribution < 1.29 is 0 Å². The smallest absolute Gasteiger partial charge is 0.140 e. The Labute approximate surface area is 99.3 Å². The van der Waals surface area contributed by atoms with Gasteiger partial charge in [0.25, 0.3) is 0 Å². The molecule has 0 aliphatic heterocycles. The number of thioether (sulfide) groups is 1. The summed E-state index contributed by atoms with van der Waals surface area (Å²) in [6, 6.07) is 12.1. The first-order valence-corrected chi connectivity index (χ1v) is 6.04. The van der Waals surface area contributed by atoms with Crippen molar-refractivity contribution in [2.45, 2.75) is 10.6 Å². The summed E-state index contributed by atoms with van der Waals surface area (Å²) in [4.78, 5) is 9.83. The Bertz CT molecular complexity index is 445. The number of nitrogens with one attached hydrogen (secondary N) is 1. The Balaban J connectivity index is 1.99. The first-order chi connectivity index (χ1) is 7.88.